The number of aryl methyl sites for hydroxylation is 1. The largest absolute Gasteiger partial charge is 0.478 e. The average molecular weight is 327 g/mol. The lowest BCUT2D eigenvalue weighted by atomic mass is 10.1. The highest BCUT2D eigenvalue weighted by Crippen LogP contribution is 2.20. The molecule has 2 rings (SSSR count). The molecule has 0 atom stereocenters. The van der Waals surface area contributed by atoms with Gasteiger partial charge in [-0.15, -0.1) is 0 Å². The lowest BCUT2D eigenvalue weighted by Gasteiger charge is -2.09. The zero-order valence-electron chi connectivity index (χ0n) is 10.9. The van der Waals surface area contributed by atoms with E-state index in [1.54, 1.807) is 6.92 Å². The van der Waals surface area contributed by atoms with Crippen LogP contribution in [0.2, 0.25) is 5.15 Å². The Morgan fingerprint density at radius 3 is 2.62 bits per heavy atom. The Morgan fingerprint density at radius 1 is 1.29 bits per heavy atom. The van der Waals surface area contributed by atoms with Gasteiger partial charge in [-0.05, 0) is 36.8 Å². The van der Waals surface area contributed by atoms with Crippen LogP contribution in [0.4, 0.5) is 5.69 Å². The first kappa shape index (κ1) is 15.3. The number of rotatable bonds is 4. The molecular formula is C13H11ClN2O4S. The molecule has 2 N–H and O–H groups in total. The van der Waals surface area contributed by atoms with Gasteiger partial charge in [-0.3, -0.25) is 4.72 Å². The number of pyridine rings is 1. The summed E-state index contributed by atoms with van der Waals surface area (Å²) in [6, 6.07) is 6.69. The van der Waals surface area contributed by atoms with Crippen LogP contribution in [0.1, 0.15) is 15.9 Å². The van der Waals surface area contributed by atoms with Gasteiger partial charge in [0.2, 0.25) is 0 Å². The Bertz CT molecular complexity index is 806. The molecule has 0 bridgehead atoms. The van der Waals surface area contributed by atoms with Gasteiger partial charge in [0, 0.05) is 6.20 Å². The number of carboxylic acids is 1. The SMILES string of the molecule is Cc1ccc(S(=O)(=O)Nc2ccnc(Cl)c2)cc1C(=O)O. The molecule has 110 valence electrons. The fourth-order valence-corrected chi connectivity index (χ4v) is 2.93. The van der Waals surface area contributed by atoms with Gasteiger partial charge >= 0.3 is 5.97 Å². The summed E-state index contributed by atoms with van der Waals surface area (Å²) in [5.74, 6) is -1.18. The Kier molecular flexibility index (Phi) is 4.15. The van der Waals surface area contributed by atoms with Gasteiger partial charge < -0.3 is 5.11 Å². The van der Waals surface area contributed by atoms with Gasteiger partial charge in [-0.25, -0.2) is 18.2 Å². The molecule has 1 aromatic heterocycles. The maximum atomic E-state index is 12.2. The molecule has 0 fully saturated rings. The van der Waals surface area contributed by atoms with Crippen LogP contribution < -0.4 is 4.72 Å². The number of sulfonamides is 1. The molecule has 1 heterocycles. The molecular weight excluding hydrogens is 316 g/mol. The van der Waals surface area contributed by atoms with Gasteiger partial charge in [0.05, 0.1) is 16.1 Å². The number of halogens is 1. The van der Waals surface area contributed by atoms with Crippen LogP contribution in [0, 0.1) is 6.92 Å². The molecule has 0 aliphatic rings. The molecule has 0 spiro atoms. The molecule has 1 aromatic carbocycles. The summed E-state index contributed by atoms with van der Waals surface area (Å²) in [5, 5.41) is 9.18. The predicted octanol–water partition coefficient (Wildman–Crippen LogP) is 2.54. The van der Waals surface area contributed by atoms with Crippen molar-refractivity contribution in [3.63, 3.8) is 0 Å². The van der Waals surface area contributed by atoms with Gasteiger partial charge in [0.1, 0.15) is 5.15 Å². The summed E-state index contributed by atoms with van der Waals surface area (Å²) in [6.45, 7) is 1.59. The van der Waals surface area contributed by atoms with Gasteiger partial charge in [-0.2, -0.15) is 0 Å². The Balaban J connectivity index is 2.40. The minimum atomic E-state index is -3.90. The van der Waals surface area contributed by atoms with Crippen LogP contribution in [0.5, 0.6) is 0 Å². The number of carbonyl (C=O) groups is 1. The maximum absolute atomic E-state index is 12.2. The molecule has 2 aromatic rings. The van der Waals surface area contributed by atoms with Gasteiger partial charge in [0.25, 0.3) is 10.0 Å². The number of hydrogen-bond acceptors (Lipinski definition) is 4. The van der Waals surface area contributed by atoms with E-state index in [1.807, 2.05) is 0 Å². The van der Waals surface area contributed by atoms with Crippen molar-refractivity contribution in [3.05, 3.63) is 52.8 Å². The Hall–Kier alpha value is -2.12. The second-order valence-electron chi connectivity index (χ2n) is 4.25. The summed E-state index contributed by atoms with van der Waals surface area (Å²) in [6.07, 6.45) is 1.36. The number of nitrogens with one attached hydrogen (secondary N) is 1. The summed E-state index contributed by atoms with van der Waals surface area (Å²) >= 11 is 5.68. The molecule has 0 saturated heterocycles. The highest BCUT2D eigenvalue weighted by atomic mass is 35.5. The number of benzene rings is 1. The molecule has 0 radical (unpaired) electrons. The molecule has 8 heteroatoms. The molecule has 0 amide bonds. The Labute approximate surface area is 126 Å². The van der Waals surface area contributed by atoms with Gasteiger partial charge in [0.15, 0.2) is 0 Å². The normalized spacial score (nSPS) is 11.1. The fraction of sp³-hybridized carbons (Fsp3) is 0.0769. The number of aromatic nitrogens is 1. The third-order valence-electron chi connectivity index (χ3n) is 2.73. The molecule has 0 aliphatic heterocycles. The third kappa shape index (κ3) is 3.50. The lowest BCUT2D eigenvalue weighted by Crippen LogP contribution is -2.14. The first-order valence-corrected chi connectivity index (χ1v) is 7.64. The molecule has 21 heavy (non-hydrogen) atoms. The van der Waals surface area contributed by atoms with Gasteiger partial charge in [-0.1, -0.05) is 17.7 Å². The van der Waals surface area contributed by atoms with Crippen LogP contribution >= 0.6 is 11.6 Å². The van der Waals surface area contributed by atoms with Crippen molar-refractivity contribution in [2.75, 3.05) is 4.72 Å². The first-order valence-electron chi connectivity index (χ1n) is 5.78. The van der Waals surface area contributed by atoms with E-state index in [2.05, 4.69) is 9.71 Å². The van der Waals surface area contributed by atoms with Crippen molar-refractivity contribution >= 4 is 33.3 Å². The number of hydrogen-bond donors (Lipinski definition) is 2. The third-order valence-corrected chi connectivity index (χ3v) is 4.31. The van der Waals surface area contributed by atoms with Crippen molar-refractivity contribution in [2.45, 2.75) is 11.8 Å². The summed E-state index contributed by atoms with van der Waals surface area (Å²) < 4.78 is 26.8. The van der Waals surface area contributed by atoms with Crippen molar-refractivity contribution in [3.8, 4) is 0 Å². The second kappa shape index (κ2) is 5.71. The van der Waals surface area contributed by atoms with Crippen LogP contribution in [-0.4, -0.2) is 24.5 Å². The van der Waals surface area contributed by atoms with Crippen LogP contribution in [0.15, 0.2) is 41.4 Å². The van der Waals surface area contributed by atoms with Crippen molar-refractivity contribution in [1.82, 2.24) is 4.98 Å². The van der Waals surface area contributed by atoms with E-state index in [0.717, 1.165) is 6.07 Å². The Morgan fingerprint density at radius 2 is 2.00 bits per heavy atom. The average Bonchev–Trinajstić information content (AvgIpc) is 2.38. The predicted molar refractivity (Wildman–Crippen MR) is 78.2 cm³/mol. The van der Waals surface area contributed by atoms with Crippen molar-refractivity contribution in [2.24, 2.45) is 0 Å². The van der Waals surface area contributed by atoms with Crippen LogP contribution in [0.3, 0.4) is 0 Å². The lowest BCUT2D eigenvalue weighted by molar-refractivity contribution is 0.0696. The van der Waals surface area contributed by atoms with Crippen molar-refractivity contribution < 1.29 is 18.3 Å². The summed E-state index contributed by atoms with van der Waals surface area (Å²) in [4.78, 5) is 14.7. The maximum Gasteiger partial charge on any atom is 0.335 e. The molecule has 0 unspecified atom stereocenters. The summed E-state index contributed by atoms with van der Waals surface area (Å²) in [7, 11) is -3.90. The van der Waals surface area contributed by atoms with E-state index in [1.165, 1.54) is 30.5 Å². The number of carboxylic acid groups (broad SMARTS) is 1. The standard InChI is InChI=1S/C13H11ClN2O4S/c1-8-2-3-10(7-11(8)13(17)18)21(19,20)16-9-4-5-15-12(14)6-9/h2-7H,1H3,(H,15,16)(H,17,18). The smallest absolute Gasteiger partial charge is 0.335 e. The zero-order chi connectivity index (χ0) is 15.6. The monoisotopic (exact) mass is 326 g/mol. The quantitative estimate of drug-likeness (QED) is 0.842. The second-order valence-corrected chi connectivity index (χ2v) is 6.32. The van der Waals surface area contributed by atoms with E-state index in [-0.39, 0.29) is 21.3 Å². The van der Waals surface area contributed by atoms with E-state index in [4.69, 9.17) is 16.7 Å². The first-order chi connectivity index (χ1) is 9.79. The van der Waals surface area contributed by atoms with Crippen LogP contribution in [0.25, 0.3) is 0 Å². The zero-order valence-corrected chi connectivity index (χ0v) is 12.4. The van der Waals surface area contributed by atoms with Crippen molar-refractivity contribution in [1.29, 1.82) is 0 Å². The molecule has 6 nitrogen and oxygen atoms in total. The fourth-order valence-electron chi connectivity index (χ4n) is 1.68. The topological polar surface area (TPSA) is 96.4 Å². The molecule has 0 aliphatic carbocycles. The minimum Gasteiger partial charge on any atom is -0.478 e. The van der Waals surface area contributed by atoms with E-state index in [9.17, 15) is 13.2 Å². The summed E-state index contributed by atoms with van der Waals surface area (Å²) in [5.41, 5.74) is 0.659. The highest BCUT2D eigenvalue weighted by molar-refractivity contribution is 7.92. The number of anilines is 1. The van der Waals surface area contributed by atoms with Crippen LogP contribution in [-0.2, 0) is 10.0 Å². The van der Waals surface area contributed by atoms with E-state index < -0.39 is 16.0 Å². The number of aromatic carboxylic acids is 1. The number of nitrogens with zero attached hydrogens (tertiary/aromatic N) is 1. The highest BCUT2D eigenvalue weighted by Gasteiger charge is 2.18. The van der Waals surface area contributed by atoms with E-state index >= 15 is 0 Å². The molecule has 0 saturated carbocycles. The van der Waals surface area contributed by atoms with E-state index in [0.29, 0.717) is 5.56 Å². The minimum absolute atomic E-state index is 0.0642.